The summed E-state index contributed by atoms with van der Waals surface area (Å²) in [6.45, 7) is 0. The average molecular weight is 505 g/mol. The van der Waals surface area contributed by atoms with Gasteiger partial charge in [-0.3, -0.25) is 4.72 Å². The second kappa shape index (κ2) is 8.36. The first-order valence-electron chi connectivity index (χ1n) is 10.7. The van der Waals surface area contributed by atoms with Crippen LogP contribution < -0.4 is 10.0 Å². The molecule has 3 atom stereocenters. The fourth-order valence-electron chi connectivity index (χ4n) is 4.75. The number of halogens is 4. The number of hydrogen-bond donors (Lipinski definition) is 2. The molecule has 0 saturated carbocycles. The molecule has 1 aliphatic carbocycles. The van der Waals surface area contributed by atoms with Crippen molar-refractivity contribution in [3.8, 4) is 0 Å². The minimum Gasteiger partial charge on any atom is -0.378 e. The summed E-state index contributed by atoms with van der Waals surface area (Å²) in [5, 5.41) is 4.18. The highest BCUT2D eigenvalue weighted by molar-refractivity contribution is 7.92. The van der Waals surface area contributed by atoms with E-state index in [9.17, 15) is 21.6 Å². The first kappa shape index (κ1) is 22.8. The van der Waals surface area contributed by atoms with Gasteiger partial charge in [-0.15, -0.1) is 0 Å². The van der Waals surface area contributed by atoms with Crippen LogP contribution in [-0.4, -0.2) is 8.42 Å². The van der Waals surface area contributed by atoms with Crippen molar-refractivity contribution in [3.05, 3.63) is 101 Å². The summed E-state index contributed by atoms with van der Waals surface area (Å²) >= 11 is 6.46. The number of sulfonamides is 1. The number of benzene rings is 3. The summed E-state index contributed by atoms with van der Waals surface area (Å²) in [6.07, 6.45) is 0.399. The molecule has 176 valence electrons. The standard InChI is InChI=1S/C25H20ClF3N2O2S/c26-22-10-2-1-7-20(22)24-19-9-4-8-18(19)21-14-17(11-12-23(21)30-24)34(32,33)31-16-6-3-5-15(13-16)25(27,28)29/h1-8,10-14,18-19,24,30-31H,9H2. The van der Waals surface area contributed by atoms with Gasteiger partial charge in [-0.05, 0) is 65.9 Å². The Morgan fingerprint density at radius 3 is 2.53 bits per heavy atom. The number of anilines is 2. The van der Waals surface area contributed by atoms with Crippen LogP contribution in [-0.2, 0) is 16.2 Å². The highest BCUT2D eigenvalue weighted by Gasteiger charge is 2.39. The Balaban J connectivity index is 1.47. The van der Waals surface area contributed by atoms with Gasteiger partial charge in [0.15, 0.2) is 0 Å². The van der Waals surface area contributed by atoms with E-state index in [0.717, 1.165) is 35.4 Å². The van der Waals surface area contributed by atoms with Gasteiger partial charge in [0.2, 0.25) is 0 Å². The maximum absolute atomic E-state index is 13.0. The van der Waals surface area contributed by atoms with E-state index in [-0.39, 0.29) is 28.5 Å². The van der Waals surface area contributed by atoms with Crippen molar-refractivity contribution in [2.45, 2.75) is 29.5 Å². The quantitative estimate of drug-likeness (QED) is 0.377. The molecule has 2 aliphatic rings. The molecule has 34 heavy (non-hydrogen) atoms. The predicted molar refractivity (Wildman–Crippen MR) is 126 cm³/mol. The molecular weight excluding hydrogens is 485 g/mol. The molecule has 1 heterocycles. The molecule has 0 bridgehead atoms. The second-order valence-corrected chi connectivity index (χ2v) is 10.5. The topological polar surface area (TPSA) is 58.2 Å². The highest BCUT2D eigenvalue weighted by Crippen LogP contribution is 2.51. The number of hydrogen-bond acceptors (Lipinski definition) is 3. The summed E-state index contributed by atoms with van der Waals surface area (Å²) in [5.74, 6) is 0.142. The van der Waals surface area contributed by atoms with Crippen molar-refractivity contribution in [3.63, 3.8) is 0 Å². The largest absolute Gasteiger partial charge is 0.416 e. The molecule has 3 aromatic carbocycles. The number of nitrogens with one attached hydrogen (secondary N) is 2. The van der Waals surface area contributed by atoms with E-state index in [1.54, 1.807) is 12.1 Å². The number of fused-ring (bicyclic) bond motifs is 3. The van der Waals surface area contributed by atoms with E-state index < -0.39 is 21.8 Å². The van der Waals surface area contributed by atoms with E-state index in [0.29, 0.717) is 5.02 Å². The first-order chi connectivity index (χ1) is 16.1. The Bertz CT molecular complexity index is 1390. The SMILES string of the molecule is O=S(=O)(Nc1cccc(C(F)(F)F)c1)c1ccc2c(c1)C1C=CCC1C(c1ccccc1Cl)N2. The fourth-order valence-corrected chi connectivity index (χ4v) is 6.09. The van der Waals surface area contributed by atoms with Crippen molar-refractivity contribution in [1.29, 1.82) is 0 Å². The monoisotopic (exact) mass is 504 g/mol. The summed E-state index contributed by atoms with van der Waals surface area (Å²) in [7, 11) is -4.10. The van der Waals surface area contributed by atoms with E-state index in [2.05, 4.69) is 22.2 Å². The van der Waals surface area contributed by atoms with Gasteiger partial charge in [0.05, 0.1) is 16.5 Å². The van der Waals surface area contributed by atoms with Crippen LogP contribution in [0.15, 0.2) is 83.8 Å². The van der Waals surface area contributed by atoms with Crippen molar-refractivity contribution >= 4 is 33.0 Å². The van der Waals surface area contributed by atoms with E-state index in [1.807, 2.05) is 24.3 Å². The van der Waals surface area contributed by atoms with Crippen molar-refractivity contribution in [1.82, 2.24) is 0 Å². The Hall–Kier alpha value is -2.97. The normalized spacial score (nSPS) is 21.5. The Labute approximate surface area is 200 Å². The van der Waals surface area contributed by atoms with Crippen LogP contribution in [0.1, 0.15) is 35.1 Å². The maximum atomic E-state index is 13.0. The number of alkyl halides is 3. The molecule has 0 aromatic heterocycles. The Morgan fingerprint density at radius 2 is 1.76 bits per heavy atom. The molecule has 3 unspecified atom stereocenters. The minimum absolute atomic E-state index is 0.0127. The van der Waals surface area contributed by atoms with Crippen LogP contribution in [0, 0.1) is 5.92 Å². The van der Waals surface area contributed by atoms with Gasteiger partial charge in [-0.2, -0.15) is 13.2 Å². The van der Waals surface area contributed by atoms with E-state index >= 15 is 0 Å². The fraction of sp³-hybridized carbons (Fsp3) is 0.200. The van der Waals surface area contributed by atoms with Gasteiger partial charge in [-0.1, -0.05) is 48.0 Å². The zero-order valence-corrected chi connectivity index (χ0v) is 19.3. The molecule has 0 fully saturated rings. The van der Waals surface area contributed by atoms with Crippen LogP contribution in [0.4, 0.5) is 24.5 Å². The van der Waals surface area contributed by atoms with Gasteiger partial charge in [0, 0.05) is 22.3 Å². The zero-order chi connectivity index (χ0) is 24.1. The van der Waals surface area contributed by atoms with Gasteiger partial charge in [-0.25, -0.2) is 8.42 Å². The van der Waals surface area contributed by atoms with Crippen LogP contribution in [0.5, 0.6) is 0 Å². The predicted octanol–water partition coefficient (Wildman–Crippen LogP) is 6.99. The van der Waals surface area contributed by atoms with Crippen LogP contribution >= 0.6 is 11.6 Å². The first-order valence-corrected chi connectivity index (χ1v) is 12.5. The Morgan fingerprint density at radius 1 is 0.971 bits per heavy atom. The number of rotatable bonds is 4. The maximum Gasteiger partial charge on any atom is 0.416 e. The molecule has 1 aliphatic heterocycles. The molecule has 2 N–H and O–H groups in total. The summed E-state index contributed by atoms with van der Waals surface area (Å²) < 4.78 is 67.4. The van der Waals surface area contributed by atoms with Gasteiger partial charge < -0.3 is 5.32 Å². The average Bonchev–Trinajstić information content (AvgIpc) is 3.28. The van der Waals surface area contributed by atoms with Crippen molar-refractivity contribution < 1.29 is 21.6 Å². The van der Waals surface area contributed by atoms with Crippen molar-refractivity contribution in [2.24, 2.45) is 5.92 Å². The summed E-state index contributed by atoms with van der Waals surface area (Å²) in [5.41, 5.74) is 1.54. The van der Waals surface area contributed by atoms with Gasteiger partial charge >= 0.3 is 6.18 Å². The smallest absolute Gasteiger partial charge is 0.378 e. The zero-order valence-electron chi connectivity index (χ0n) is 17.7. The molecule has 0 amide bonds. The lowest BCUT2D eigenvalue weighted by atomic mass is 9.77. The molecule has 4 nitrogen and oxygen atoms in total. The van der Waals surface area contributed by atoms with Crippen LogP contribution in [0.2, 0.25) is 5.02 Å². The molecular formula is C25H20ClF3N2O2S. The van der Waals surface area contributed by atoms with Crippen molar-refractivity contribution in [2.75, 3.05) is 10.0 Å². The lowest BCUT2D eigenvalue weighted by Gasteiger charge is -2.38. The lowest BCUT2D eigenvalue weighted by Crippen LogP contribution is -2.29. The molecule has 0 saturated heterocycles. The third-order valence-electron chi connectivity index (χ3n) is 6.33. The summed E-state index contributed by atoms with van der Waals surface area (Å²) in [6, 6.07) is 16.5. The molecule has 0 radical (unpaired) electrons. The van der Waals surface area contributed by atoms with Crippen LogP contribution in [0.3, 0.4) is 0 Å². The summed E-state index contributed by atoms with van der Waals surface area (Å²) in [4.78, 5) is -0.0132. The third-order valence-corrected chi connectivity index (χ3v) is 8.05. The number of allylic oxidation sites excluding steroid dienone is 2. The van der Waals surface area contributed by atoms with Gasteiger partial charge in [0.1, 0.15) is 0 Å². The lowest BCUT2D eigenvalue weighted by molar-refractivity contribution is -0.137. The van der Waals surface area contributed by atoms with E-state index in [1.165, 1.54) is 18.2 Å². The third kappa shape index (κ3) is 4.16. The Kier molecular flexibility index (Phi) is 5.61. The van der Waals surface area contributed by atoms with Crippen LogP contribution in [0.25, 0.3) is 0 Å². The van der Waals surface area contributed by atoms with E-state index in [4.69, 9.17) is 11.6 Å². The van der Waals surface area contributed by atoms with Gasteiger partial charge in [0.25, 0.3) is 10.0 Å². The molecule has 5 rings (SSSR count). The molecule has 3 aromatic rings. The molecule has 9 heteroatoms. The second-order valence-electron chi connectivity index (χ2n) is 8.43. The molecule has 0 spiro atoms. The highest BCUT2D eigenvalue weighted by atomic mass is 35.5. The minimum atomic E-state index is -4.57.